The smallest absolute Gasteiger partial charge is 0.136 e. The highest BCUT2D eigenvalue weighted by Gasteiger charge is 2.07. The van der Waals surface area contributed by atoms with Crippen LogP contribution in [-0.2, 0) is 11.2 Å². The van der Waals surface area contributed by atoms with Crippen LogP contribution < -0.4 is 10.5 Å². The summed E-state index contributed by atoms with van der Waals surface area (Å²) in [5, 5.41) is 0. The van der Waals surface area contributed by atoms with E-state index in [1.807, 2.05) is 25.1 Å². The molecule has 0 bridgehead atoms. The fourth-order valence-corrected chi connectivity index (χ4v) is 1.94. The highest BCUT2D eigenvalue weighted by molar-refractivity contribution is 9.10. The molecule has 0 amide bonds. The highest BCUT2D eigenvalue weighted by atomic mass is 79.9. The van der Waals surface area contributed by atoms with Crippen LogP contribution in [0.5, 0.6) is 5.75 Å². The minimum Gasteiger partial charge on any atom is -0.490 e. The normalized spacial score (nSPS) is 10.4. The number of halogens is 1. The van der Waals surface area contributed by atoms with Gasteiger partial charge in [0.25, 0.3) is 0 Å². The lowest BCUT2D eigenvalue weighted by Gasteiger charge is -2.12. The van der Waals surface area contributed by atoms with E-state index < -0.39 is 0 Å². The van der Waals surface area contributed by atoms with E-state index in [9.17, 15) is 0 Å². The number of ether oxygens (including phenoxy) is 2. The molecule has 0 unspecified atom stereocenters. The third-order valence-electron chi connectivity index (χ3n) is 2.14. The van der Waals surface area contributed by atoms with Crippen molar-refractivity contribution in [2.75, 3.05) is 26.4 Å². The summed E-state index contributed by atoms with van der Waals surface area (Å²) in [5.41, 5.74) is 6.69. The standard InChI is InChI=1S/C12H18BrNO2/c1-2-15-8-9-16-12-10(6-7-14)4-3-5-11(12)13/h3-5H,2,6-9,14H2,1H3. The molecule has 0 heterocycles. The van der Waals surface area contributed by atoms with Crippen LogP contribution in [0, 0.1) is 0 Å². The molecular weight excluding hydrogens is 270 g/mol. The van der Waals surface area contributed by atoms with Crippen LogP contribution in [0.25, 0.3) is 0 Å². The average Bonchev–Trinajstić information content (AvgIpc) is 2.28. The molecule has 0 spiro atoms. The molecule has 0 atom stereocenters. The minimum absolute atomic E-state index is 0.564. The SMILES string of the molecule is CCOCCOc1c(Br)cccc1CCN. The van der Waals surface area contributed by atoms with Crippen molar-refractivity contribution >= 4 is 15.9 Å². The van der Waals surface area contributed by atoms with Crippen LogP contribution in [0.1, 0.15) is 12.5 Å². The van der Waals surface area contributed by atoms with Crippen molar-refractivity contribution in [3.05, 3.63) is 28.2 Å². The summed E-state index contributed by atoms with van der Waals surface area (Å²) in [7, 11) is 0. The zero-order chi connectivity index (χ0) is 11.8. The van der Waals surface area contributed by atoms with Crippen LogP contribution >= 0.6 is 15.9 Å². The molecule has 3 nitrogen and oxygen atoms in total. The van der Waals surface area contributed by atoms with Crippen molar-refractivity contribution < 1.29 is 9.47 Å². The molecule has 0 saturated heterocycles. The van der Waals surface area contributed by atoms with Crippen molar-refractivity contribution in [3.63, 3.8) is 0 Å². The van der Waals surface area contributed by atoms with E-state index in [4.69, 9.17) is 15.2 Å². The molecule has 4 heteroatoms. The number of rotatable bonds is 7. The van der Waals surface area contributed by atoms with Gasteiger partial charge in [-0.25, -0.2) is 0 Å². The van der Waals surface area contributed by atoms with Crippen molar-refractivity contribution in [3.8, 4) is 5.75 Å². The van der Waals surface area contributed by atoms with Crippen LogP contribution in [0.15, 0.2) is 22.7 Å². The summed E-state index contributed by atoms with van der Waals surface area (Å²) in [6, 6.07) is 5.99. The van der Waals surface area contributed by atoms with Crippen molar-refractivity contribution in [2.45, 2.75) is 13.3 Å². The Hall–Kier alpha value is -0.580. The molecule has 0 aliphatic rings. The van der Waals surface area contributed by atoms with Gasteiger partial charge in [0.2, 0.25) is 0 Å². The second-order valence-corrected chi connectivity index (χ2v) is 4.17. The maximum Gasteiger partial charge on any atom is 0.136 e. The number of nitrogens with two attached hydrogens (primary N) is 1. The fourth-order valence-electron chi connectivity index (χ4n) is 1.41. The predicted octanol–water partition coefficient (Wildman–Crippen LogP) is 2.37. The molecule has 0 aromatic heterocycles. The van der Waals surface area contributed by atoms with E-state index in [1.165, 1.54) is 0 Å². The molecule has 2 N–H and O–H groups in total. The highest BCUT2D eigenvalue weighted by Crippen LogP contribution is 2.29. The topological polar surface area (TPSA) is 44.5 Å². The predicted molar refractivity (Wildman–Crippen MR) is 68.9 cm³/mol. The Balaban J connectivity index is 2.61. The molecule has 0 saturated carbocycles. The quantitative estimate of drug-likeness (QED) is 0.783. The molecule has 1 rings (SSSR count). The molecule has 16 heavy (non-hydrogen) atoms. The zero-order valence-electron chi connectivity index (χ0n) is 9.54. The Kier molecular flexibility index (Phi) is 6.45. The van der Waals surface area contributed by atoms with Crippen LogP contribution in [0.3, 0.4) is 0 Å². The summed E-state index contributed by atoms with van der Waals surface area (Å²) in [6.45, 7) is 4.49. The zero-order valence-corrected chi connectivity index (χ0v) is 11.1. The third-order valence-corrected chi connectivity index (χ3v) is 2.76. The number of hydrogen-bond acceptors (Lipinski definition) is 3. The van der Waals surface area contributed by atoms with Gasteiger partial charge in [0.1, 0.15) is 12.4 Å². The summed E-state index contributed by atoms with van der Waals surface area (Å²) in [5.74, 6) is 0.882. The van der Waals surface area contributed by atoms with E-state index in [0.29, 0.717) is 19.8 Å². The van der Waals surface area contributed by atoms with Crippen molar-refractivity contribution in [2.24, 2.45) is 5.73 Å². The van der Waals surface area contributed by atoms with Crippen LogP contribution in [0.2, 0.25) is 0 Å². The van der Waals surface area contributed by atoms with Gasteiger partial charge in [-0.2, -0.15) is 0 Å². The second kappa shape index (κ2) is 7.65. The lowest BCUT2D eigenvalue weighted by molar-refractivity contribution is 0.109. The van der Waals surface area contributed by atoms with E-state index >= 15 is 0 Å². The molecule has 1 aromatic rings. The Bertz CT molecular complexity index is 318. The Morgan fingerprint density at radius 1 is 1.31 bits per heavy atom. The van der Waals surface area contributed by atoms with E-state index in [0.717, 1.165) is 28.8 Å². The van der Waals surface area contributed by atoms with Crippen LogP contribution in [0.4, 0.5) is 0 Å². The van der Waals surface area contributed by atoms with Gasteiger partial charge >= 0.3 is 0 Å². The molecule has 0 fully saturated rings. The van der Waals surface area contributed by atoms with Gasteiger partial charge in [0, 0.05) is 6.61 Å². The van der Waals surface area contributed by atoms with Gasteiger partial charge < -0.3 is 15.2 Å². The molecular formula is C12H18BrNO2. The van der Waals surface area contributed by atoms with Gasteiger partial charge in [-0.15, -0.1) is 0 Å². The second-order valence-electron chi connectivity index (χ2n) is 3.31. The summed E-state index contributed by atoms with van der Waals surface area (Å²) < 4.78 is 11.9. The van der Waals surface area contributed by atoms with Gasteiger partial charge in [-0.05, 0) is 47.4 Å². The molecule has 90 valence electrons. The maximum absolute atomic E-state index is 5.70. The molecule has 0 radical (unpaired) electrons. The first-order chi connectivity index (χ1) is 7.79. The lowest BCUT2D eigenvalue weighted by atomic mass is 10.1. The van der Waals surface area contributed by atoms with E-state index in [-0.39, 0.29) is 0 Å². The number of benzene rings is 1. The first-order valence-electron chi connectivity index (χ1n) is 5.47. The minimum atomic E-state index is 0.564. The maximum atomic E-state index is 5.70. The third kappa shape index (κ3) is 4.12. The average molecular weight is 288 g/mol. The van der Waals surface area contributed by atoms with Gasteiger partial charge in [0.15, 0.2) is 0 Å². The fraction of sp³-hybridized carbons (Fsp3) is 0.500. The summed E-state index contributed by atoms with van der Waals surface area (Å²) in [4.78, 5) is 0. The van der Waals surface area contributed by atoms with Crippen molar-refractivity contribution in [1.82, 2.24) is 0 Å². The van der Waals surface area contributed by atoms with Crippen molar-refractivity contribution in [1.29, 1.82) is 0 Å². The van der Waals surface area contributed by atoms with E-state index in [1.54, 1.807) is 0 Å². The lowest BCUT2D eigenvalue weighted by Crippen LogP contribution is -2.10. The Morgan fingerprint density at radius 3 is 2.81 bits per heavy atom. The largest absolute Gasteiger partial charge is 0.490 e. The summed E-state index contributed by atoms with van der Waals surface area (Å²) in [6.07, 6.45) is 0.823. The Labute approximate surface area is 105 Å². The molecule has 1 aromatic carbocycles. The number of para-hydroxylation sites is 1. The van der Waals surface area contributed by atoms with E-state index in [2.05, 4.69) is 15.9 Å². The summed E-state index contributed by atoms with van der Waals surface area (Å²) >= 11 is 3.48. The molecule has 0 aliphatic carbocycles. The molecule has 0 aliphatic heterocycles. The first kappa shape index (κ1) is 13.5. The monoisotopic (exact) mass is 287 g/mol. The first-order valence-corrected chi connectivity index (χ1v) is 6.27. The van der Waals surface area contributed by atoms with Gasteiger partial charge in [0.05, 0.1) is 11.1 Å². The van der Waals surface area contributed by atoms with Crippen LogP contribution in [-0.4, -0.2) is 26.4 Å². The van der Waals surface area contributed by atoms with Gasteiger partial charge in [-0.3, -0.25) is 0 Å². The van der Waals surface area contributed by atoms with Gasteiger partial charge in [-0.1, -0.05) is 12.1 Å². The number of hydrogen-bond donors (Lipinski definition) is 1. The Morgan fingerprint density at radius 2 is 2.12 bits per heavy atom.